The number of hydrogen-bond acceptors (Lipinski definition) is 3. The van der Waals surface area contributed by atoms with E-state index in [-0.39, 0.29) is 5.91 Å². The molecule has 1 aromatic heterocycles. The van der Waals surface area contributed by atoms with Gasteiger partial charge in [0.25, 0.3) is 5.91 Å². The van der Waals surface area contributed by atoms with Crippen LogP contribution in [0.5, 0.6) is 0 Å². The van der Waals surface area contributed by atoms with Crippen molar-refractivity contribution in [3.05, 3.63) is 29.0 Å². The maximum Gasteiger partial charge on any atom is 0.252 e. The summed E-state index contributed by atoms with van der Waals surface area (Å²) in [4.78, 5) is 15.5. The first kappa shape index (κ1) is 10.4. The summed E-state index contributed by atoms with van der Waals surface area (Å²) in [5.74, 6) is 0.420. The summed E-state index contributed by atoms with van der Waals surface area (Å²) in [7, 11) is 0. The Balaban J connectivity index is 1.92. The Hall–Kier alpha value is -1.13. The maximum atomic E-state index is 11.7. The first-order valence-corrected chi connectivity index (χ1v) is 5.23. The van der Waals surface area contributed by atoms with Crippen LogP contribution in [0.4, 0.5) is 0 Å². The van der Waals surface area contributed by atoms with Crippen molar-refractivity contribution in [1.29, 1.82) is 0 Å². The largest absolute Gasteiger partial charge is 0.352 e. The lowest BCUT2D eigenvalue weighted by molar-refractivity contribution is 0.0942. The first-order chi connectivity index (χ1) is 7.27. The van der Waals surface area contributed by atoms with Crippen LogP contribution in [0.1, 0.15) is 10.4 Å². The normalized spacial score (nSPS) is 15.8. The third-order valence-electron chi connectivity index (χ3n) is 2.43. The summed E-state index contributed by atoms with van der Waals surface area (Å²) in [6.07, 6.45) is 3.03. The minimum absolute atomic E-state index is 0.130. The lowest BCUT2D eigenvalue weighted by Crippen LogP contribution is -2.48. The molecule has 0 saturated carbocycles. The number of nitrogens with zero attached hydrogens (tertiary/aromatic N) is 1. The Morgan fingerprint density at radius 1 is 1.67 bits per heavy atom. The van der Waals surface area contributed by atoms with Crippen LogP contribution in [0.2, 0.25) is 5.02 Å². The molecule has 1 fully saturated rings. The molecular formula is C10H12ClN3O. The van der Waals surface area contributed by atoms with Crippen molar-refractivity contribution in [3.63, 3.8) is 0 Å². The number of rotatable bonds is 3. The van der Waals surface area contributed by atoms with Gasteiger partial charge in [0.2, 0.25) is 0 Å². The quantitative estimate of drug-likeness (QED) is 0.796. The van der Waals surface area contributed by atoms with Gasteiger partial charge in [0.05, 0.1) is 10.6 Å². The lowest BCUT2D eigenvalue weighted by atomic mass is 10.0. The minimum Gasteiger partial charge on any atom is -0.352 e. The highest BCUT2D eigenvalue weighted by atomic mass is 35.5. The topological polar surface area (TPSA) is 54.0 Å². The zero-order valence-electron chi connectivity index (χ0n) is 8.16. The van der Waals surface area contributed by atoms with Crippen LogP contribution in [-0.4, -0.2) is 30.5 Å². The molecule has 0 unspecified atom stereocenters. The molecule has 1 aliphatic rings. The van der Waals surface area contributed by atoms with E-state index < -0.39 is 0 Å². The van der Waals surface area contributed by atoms with Gasteiger partial charge in [-0.2, -0.15) is 0 Å². The van der Waals surface area contributed by atoms with E-state index in [9.17, 15) is 4.79 Å². The number of halogens is 1. The van der Waals surface area contributed by atoms with Gasteiger partial charge >= 0.3 is 0 Å². The smallest absolute Gasteiger partial charge is 0.252 e. The molecule has 0 aliphatic carbocycles. The third kappa shape index (κ3) is 2.46. The van der Waals surface area contributed by atoms with E-state index >= 15 is 0 Å². The molecule has 1 amide bonds. The fourth-order valence-corrected chi connectivity index (χ4v) is 1.59. The van der Waals surface area contributed by atoms with E-state index in [2.05, 4.69) is 15.6 Å². The van der Waals surface area contributed by atoms with Gasteiger partial charge in [-0.1, -0.05) is 11.6 Å². The second kappa shape index (κ2) is 4.59. The van der Waals surface area contributed by atoms with E-state index in [4.69, 9.17) is 11.6 Å². The van der Waals surface area contributed by atoms with Gasteiger partial charge in [-0.25, -0.2) is 0 Å². The molecule has 0 spiro atoms. The van der Waals surface area contributed by atoms with Gasteiger partial charge in [-0.05, 0) is 6.07 Å². The number of pyridine rings is 1. The number of aromatic nitrogens is 1. The predicted molar refractivity (Wildman–Crippen MR) is 57.9 cm³/mol. The van der Waals surface area contributed by atoms with Crippen molar-refractivity contribution >= 4 is 17.5 Å². The molecule has 5 heteroatoms. The summed E-state index contributed by atoms with van der Waals surface area (Å²) >= 11 is 5.85. The van der Waals surface area contributed by atoms with E-state index in [1.165, 1.54) is 6.20 Å². The average molecular weight is 226 g/mol. The molecule has 80 valence electrons. The molecule has 2 heterocycles. The second-order valence-corrected chi connectivity index (χ2v) is 4.00. The standard InChI is InChI=1S/C10H12ClN3O/c11-9-6-12-2-1-8(9)10(15)14-5-7-3-13-4-7/h1-2,6-7,13H,3-5H2,(H,14,15). The number of nitrogens with one attached hydrogen (secondary N) is 2. The molecule has 0 aromatic carbocycles. The number of amides is 1. The van der Waals surface area contributed by atoms with Crippen LogP contribution in [0, 0.1) is 5.92 Å². The summed E-state index contributed by atoms with van der Waals surface area (Å²) in [5, 5.41) is 6.39. The lowest BCUT2D eigenvalue weighted by Gasteiger charge is -2.27. The maximum absolute atomic E-state index is 11.7. The fourth-order valence-electron chi connectivity index (χ4n) is 1.38. The van der Waals surface area contributed by atoms with Crippen molar-refractivity contribution in [1.82, 2.24) is 15.6 Å². The third-order valence-corrected chi connectivity index (χ3v) is 2.74. The predicted octanol–water partition coefficient (Wildman–Crippen LogP) is 0.684. The Labute approximate surface area is 93.0 Å². The Kier molecular flexibility index (Phi) is 3.18. The van der Waals surface area contributed by atoms with E-state index in [1.54, 1.807) is 12.3 Å². The highest BCUT2D eigenvalue weighted by molar-refractivity contribution is 6.33. The Morgan fingerprint density at radius 2 is 2.47 bits per heavy atom. The van der Waals surface area contributed by atoms with Crippen LogP contribution in [0.3, 0.4) is 0 Å². The Bertz CT molecular complexity index is 365. The van der Waals surface area contributed by atoms with Gasteiger partial charge in [-0.3, -0.25) is 9.78 Å². The molecule has 4 nitrogen and oxygen atoms in total. The SMILES string of the molecule is O=C(NCC1CNC1)c1ccncc1Cl. The summed E-state index contributed by atoms with van der Waals surface area (Å²) in [6, 6.07) is 1.62. The minimum atomic E-state index is -0.130. The van der Waals surface area contributed by atoms with Crippen molar-refractivity contribution in [2.24, 2.45) is 5.92 Å². The first-order valence-electron chi connectivity index (χ1n) is 4.86. The summed E-state index contributed by atoms with van der Waals surface area (Å²) in [6.45, 7) is 2.65. The zero-order chi connectivity index (χ0) is 10.7. The van der Waals surface area contributed by atoms with Crippen molar-refractivity contribution in [2.75, 3.05) is 19.6 Å². The van der Waals surface area contributed by atoms with Crippen LogP contribution < -0.4 is 10.6 Å². The average Bonchev–Trinajstić information content (AvgIpc) is 2.16. The highest BCUT2D eigenvalue weighted by Crippen LogP contribution is 2.13. The van der Waals surface area contributed by atoms with Crippen molar-refractivity contribution in [2.45, 2.75) is 0 Å². The van der Waals surface area contributed by atoms with Gasteiger partial charge in [0.15, 0.2) is 0 Å². The fraction of sp³-hybridized carbons (Fsp3) is 0.400. The van der Waals surface area contributed by atoms with Crippen LogP contribution in [-0.2, 0) is 0 Å². The van der Waals surface area contributed by atoms with Crippen LogP contribution in [0.25, 0.3) is 0 Å². The molecule has 1 aromatic rings. The van der Waals surface area contributed by atoms with Gasteiger partial charge < -0.3 is 10.6 Å². The van der Waals surface area contributed by atoms with E-state index in [1.807, 2.05) is 0 Å². The highest BCUT2D eigenvalue weighted by Gasteiger charge is 2.18. The molecule has 0 radical (unpaired) electrons. The molecule has 0 atom stereocenters. The molecule has 2 rings (SSSR count). The molecule has 2 N–H and O–H groups in total. The van der Waals surface area contributed by atoms with Crippen LogP contribution in [0.15, 0.2) is 18.5 Å². The second-order valence-electron chi connectivity index (χ2n) is 3.59. The molecule has 0 bridgehead atoms. The summed E-state index contributed by atoms with van der Waals surface area (Å²) in [5.41, 5.74) is 0.485. The zero-order valence-corrected chi connectivity index (χ0v) is 8.92. The van der Waals surface area contributed by atoms with E-state index in [0.29, 0.717) is 23.0 Å². The van der Waals surface area contributed by atoms with Gasteiger partial charge in [0.1, 0.15) is 0 Å². The Morgan fingerprint density at radius 3 is 3.07 bits per heavy atom. The van der Waals surface area contributed by atoms with E-state index in [0.717, 1.165) is 13.1 Å². The molecule has 15 heavy (non-hydrogen) atoms. The number of carbonyl (C=O) groups excluding carboxylic acids is 1. The van der Waals surface area contributed by atoms with Gasteiger partial charge in [-0.15, -0.1) is 0 Å². The van der Waals surface area contributed by atoms with Crippen molar-refractivity contribution in [3.8, 4) is 0 Å². The molecule has 1 saturated heterocycles. The summed E-state index contributed by atoms with van der Waals surface area (Å²) < 4.78 is 0. The number of hydrogen-bond donors (Lipinski definition) is 2. The number of carbonyl (C=O) groups is 1. The van der Waals surface area contributed by atoms with Crippen molar-refractivity contribution < 1.29 is 4.79 Å². The molecule has 1 aliphatic heterocycles. The molecular weight excluding hydrogens is 214 g/mol. The monoisotopic (exact) mass is 225 g/mol. The van der Waals surface area contributed by atoms with Gasteiger partial charge in [0, 0.05) is 37.9 Å². The van der Waals surface area contributed by atoms with Crippen LogP contribution >= 0.6 is 11.6 Å².